The fourth-order valence-electron chi connectivity index (χ4n) is 2.30. The summed E-state index contributed by atoms with van der Waals surface area (Å²) >= 11 is 1.35. The highest BCUT2D eigenvalue weighted by Gasteiger charge is 2.37. The molecule has 2 rings (SSSR count). The van der Waals surface area contributed by atoms with Gasteiger partial charge in [0.05, 0.1) is 12.2 Å². The quantitative estimate of drug-likeness (QED) is 0.748. The van der Waals surface area contributed by atoms with Crippen molar-refractivity contribution in [3.05, 3.63) is 35.9 Å². The topological polar surface area (TPSA) is 77.8 Å². The Morgan fingerprint density at radius 2 is 1.85 bits per heavy atom. The third kappa shape index (κ3) is 4.06. The molecule has 0 radical (unpaired) electrons. The van der Waals surface area contributed by atoms with Crippen molar-refractivity contribution < 1.29 is 20.1 Å². The molecule has 1 fully saturated rings. The van der Waals surface area contributed by atoms with Gasteiger partial charge in [0.25, 0.3) is 0 Å². The summed E-state index contributed by atoms with van der Waals surface area (Å²) in [6, 6.07) is 9.79. The van der Waals surface area contributed by atoms with Crippen LogP contribution in [-0.2, 0) is 11.2 Å². The fraction of sp³-hybridized carbons (Fsp3) is 0.533. The van der Waals surface area contributed by atoms with E-state index in [9.17, 15) is 20.1 Å². The molecule has 0 bridgehead atoms. The Labute approximate surface area is 122 Å². The first-order valence-electron chi connectivity index (χ1n) is 6.79. The van der Waals surface area contributed by atoms with Crippen LogP contribution in [0.25, 0.3) is 0 Å². The smallest absolute Gasteiger partial charge is 0.134 e. The van der Waals surface area contributed by atoms with E-state index in [-0.39, 0.29) is 17.5 Å². The van der Waals surface area contributed by atoms with Gasteiger partial charge in [0.15, 0.2) is 0 Å². The molecule has 1 saturated heterocycles. The van der Waals surface area contributed by atoms with Gasteiger partial charge in [-0.05, 0) is 12.0 Å². The lowest BCUT2D eigenvalue weighted by atomic mass is 9.99. The lowest BCUT2D eigenvalue weighted by Crippen LogP contribution is -2.49. The summed E-state index contributed by atoms with van der Waals surface area (Å²) < 4.78 is 0. The first-order chi connectivity index (χ1) is 9.58. The molecular formula is C15H20O4S. The van der Waals surface area contributed by atoms with E-state index in [4.69, 9.17) is 0 Å². The van der Waals surface area contributed by atoms with Gasteiger partial charge in [0, 0.05) is 23.8 Å². The average Bonchev–Trinajstić information content (AvgIpc) is 2.47. The van der Waals surface area contributed by atoms with E-state index in [1.165, 1.54) is 11.8 Å². The van der Waals surface area contributed by atoms with Crippen molar-refractivity contribution in [2.45, 2.75) is 42.8 Å². The molecule has 0 aliphatic carbocycles. The van der Waals surface area contributed by atoms with Gasteiger partial charge in [-0.25, -0.2) is 0 Å². The van der Waals surface area contributed by atoms with Crippen molar-refractivity contribution in [3.63, 3.8) is 0 Å². The minimum absolute atomic E-state index is 0.0778. The molecule has 20 heavy (non-hydrogen) atoms. The Kier molecular flexibility index (Phi) is 5.60. The molecule has 0 unspecified atom stereocenters. The molecular weight excluding hydrogens is 276 g/mol. The summed E-state index contributed by atoms with van der Waals surface area (Å²) in [7, 11) is 0. The maximum absolute atomic E-state index is 11.9. The molecule has 0 spiro atoms. The SMILES string of the molecule is O=C(CCc1ccccc1)C[C@@H]1SC[C@@H](O)[C@H](O)[C@H]1O. The summed E-state index contributed by atoms with van der Waals surface area (Å²) in [5, 5.41) is 28.6. The normalized spacial score (nSPS) is 30.1. The van der Waals surface area contributed by atoms with E-state index >= 15 is 0 Å². The fourth-order valence-corrected chi connectivity index (χ4v) is 3.60. The molecule has 5 heteroatoms. The molecule has 4 nitrogen and oxygen atoms in total. The predicted octanol–water partition coefficient (Wildman–Crippen LogP) is 0.776. The standard InChI is InChI=1S/C15H20O4S/c16-11(7-6-10-4-2-1-3-5-10)8-13-15(19)14(18)12(17)9-20-13/h1-5,12-15,17-19H,6-9H2/t12-,13+,14+,15+/m1/s1. The summed E-state index contributed by atoms with van der Waals surface area (Å²) in [5.41, 5.74) is 1.12. The number of rotatable bonds is 5. The Bertz CT molecular complexity index is 437. The van der Waals surface area contributed by atoms with Crippen LogP contribution in [0.4, 0.5) is 0 Å². The number of aryl methyl sites for hydroxylation is 1. The zero-order valence-corrected chi connectivity index (χ0v) is 12.0. The molecule has 0 saturated carbocycles. The summed E-state index contributed by atoms with van der Waals surface area (Å²) in [6.07, 6.45) is -1.73. The van der Waals surface area contributed by atoms with Gasteiger partial charge in [-0.1, -0.05) is 30.3 Å². The maximum Gasteiger partial charge on any atom is 0.134 e. The Hall–Kier alpha value is -0.880. The second kappa shape index (κ2) is 7.22. The number of thioether (sulfide) groups is 1. The van der Waals surface area contributed by atoms with Crippen molar-refractivity contribution in [1.82, 2.24) is 0 Å². The van der Waals surface area contributed by atoms with Gasteiger partial charge < -0.3 is 15.3 Å². The number of ketones is 1. The van der Waals surface area contributed by atoms with Crippen molar-refractivity contribution in [1.29, 1.82) is 0 Å². The summed E-state index contributed by atoms with van der Waals surface area (Å²) in [5.74, 6) is 0.434. The highest BCUT2D eigenvalue weighted by molar-refractivity contribution is 8.00. The Morgan fingerprint density at radius 1 is 1.15 bits per heavy atom. The number of hydrogen-bond acceptors (Lipinski definition) is 5. The van der Waals surface area contributed by atoms with Crippen LogP contribution < -0.4 is 0 Å². The molecule has 0 aromatic heterocycles. The molecule has 4 atom stereocenters. The number of carbonyl (C=O) groups is 1. The first-order valence-corrected chi connectivity index (χ1v) is 7.84. The van der Waals surface area contributed by atoms with Crippen LogP contribution in [0.2, 0.25) is 0 Å². The molecule has 110 valence electrons. The maximum atomic E-state index is 11.9. The first kappa shape index (κ1) is 15.5. The third-order valence-corrected chi connectivity index (χ3v) is 4.98. The molecule has 1 aromatic carbocycles. The lowest BCUT2D eigenvalue weighted by molar-refractivity contribution is -0.120. The number of aliphatic hydroxyl groups is 3. The highest BCUT2D eigenvalue weighted by atomic mass is 32.2. The van der Waals surface area contributed by atoms with Gasteiger partial charge >= 0.3 is 0 Å². The molecule has 3 N–H and O–H groups in total. The Balaban J connectivity index is 1.80. The van der Waals surface area contributed by atoms with Crippen LogP contribution in [0.5, 0.6) is 0 Å². The number of benzene rings is 1. The van der Waals surface area contributed by atoms with Crippen molar-refractivity contribution in [2.75, 3.05) is 5.75 Å². The summed E-state index contributed by atoms with van der Waals surface area (Å²) in [4.78, 5) is 11.9. The van der Waals surface area contributed by atoms with E-state index in [1.807, 2.05) is 30.3 Å². The van der Waals surface area contributed by atoms with Crippen LogP contribution in [0.3, 0.4) is 0 Å². The van der Waals surface area contributed by atoms with Crippen molar-refractivity contribution in [2.24, 2.45) is 0 Å². The van der Waals surface area contributed by atoms with Gasteiger partial charge in [0.2, 0.25) is 0 Å². The van der Waals surface area contributed by atoms with Crippen molar-refractivity contribution >= 4 is 17.5 Å². The van der Waals surface area contributed by atoms with E-state index in [2.05, 4.69) is 0 Å². The molecule has 1 aliphatic rings. The minimum Gasteiger partial charge on any atom is -0.389 e. The second-order valence-electron chi connectivity index (χ2n) is 5.15. The lowest BCUT2D eigenvalue weighted by Gasteiger charge is -2.34. The van der Waals surface area contributed by atoms with Gasteiger partial charge in [-0.2, -0.15) is 11.8 Å². The molecule has 1 aliphatic heterocycles. The zero-order chi connectivity index (χ0) is 14.5. The largest absolute Gasteiger partial charge is 0.389 e. The van der Waals surface area contributed by atoms with Crippen molar-refractivity contribution in [3.8, 4) is 0 Å². The van der Waals surface area contributed by atoms with E-state index in [1.54, 1.807) is 0 Å². The molecule has 1 heterocycles. The number of hydrogen-bond donors (Lipinski definition) is 3. The van der Waals surface area contributed by atoms with E-state index in [0.717, 1.165) is 5.56 Å². The second-order valence-corrected chi connectivity index (χ2v) is 6.42. The van der Waals surface area contributed by atoms with Gasteiger partial charge in [0.1, 0.15) is 11.9 Å². The average molecular weight is 296 g/mol. The third-order valence-electron chi connectivity index (χ3n) is 3.57. The number of aliphatic hydroxyl groups excluding tert-OH is 3. The number of carbonyl (C=O) groups excluding carboxylic acids is 1. The van der Waals surface area contributed by atoms with Crippen LogP contribution in [0, 0.1) is 0 Å². The van der Waals surface area contributed by atoms with Crippen LogP contribution in [0.1, 0.15) is 18.4 Å². The monoisotopic (exact) mass is 296 g/mol. The zero-order valence-electron chi connectivity index (χ0n) is 11.2. The highest BCUT2D eigenvalue weighted by Crippen LogP contribution is 2.29. The van der Waals surface area contributed by atoms with Crippen LogP contribution >= 0.6 is 11.8 Å². The van der Waals surface area contributed by atoms with Gasteiger partial charge in [-0.3, -0.25) is 4.79 Å². The van der Waals surface area contributed by atoms with E-state index in [0.29, 0.717) is 18.6 Å². The van der Waals surface area contributed by atoms with Crippen LogP contribution in [-0.4, -0.2) is 50.4 Å². The summed E-state index contributed by atoms with van der Waals surface area (Å²) in [6.45, 7) is 0. The Morgan fingerprint density at radius 3 is 2.55 bits per heavy atom. The molecule has 1 aromatic rings. The number of Topliss-reactive ketones (excluding diaryl/α,β-unsaturated/α-hetero) is 1. The minimum atomic E-state index is -1.15. The van der Waals surface area contributed by atoms with Crippen LogP contribution in [0.15, 0.2) is 30.3 Å². The molecule has 0 amide bonds. The van der Waals surface area contributed by atoms with Gasteiger partial charge in [-0.15, -0.1) is 0 Å². The van der Waals surface area contributed by atoms with E-state index < -0.39 is 18.3 Å². The predicted molar refractivity (Wildman–Crippen MR) is 78.7 cm³/mol.